The molecule has 11 heteroatoms. The summed E-state index contributed by atoms with van der Waals surface area (Å²) in [6, 6.07) is 13.9. The van der Waals surface area contributed by atoms with Gasteiger partial charge in [-0.2, -0.15) is 0 Å². The Morgan fingerprint density at radius 1 is 1.03 bits per heavy atom. The topological polar surface area (TPSA) is 129 Å². The Kier molecular flexibility index (Phi) is 11.1. The van der Waals surface area contributed by atoms with Crippen molar-refractivity contribution in [1.29, 1.82) is 0 Å². The number of rotatable bonds is 14. The Morgan fingerprint density at radius 3 is 2.24 bits per heavy atom. The fraction of sp³-hybridized carbons (Fsp3) is 0.364. The van der Waals surface area contributed by atoms with Crippen molar-refractivity contribution >= 4 is 26.1 Å². The zero-order valence-electron chi connectivity index (χ0n) is 18.6. The van der Waals surface area contributed by atoms with Crippen molar-refractivity contribution in [2.75, 3.05) is 13.2 Å². The number of non-ortho nitro benzene ring substituents is 1. The minimum atomic E-state index is -1.85. The summed E-state index contributed by atoms with van der Waals surface area (Å²) in [4.78, 5) is 34.0. The van der Waals surface area contributed by atoms with Crippen molar-refractivity contribution in [2.45, 2.75) is 39.2 Å². The molecule has 178 valence electrons. The van der Waals surface area contributed by atoms with Gasteiger partial charge in [0.25, 0.3) is 5.69 Å². The molecule has 0 saturated heterocycles. The van der Waals surface area contributed by atoms with E-state index in [2.05, 4.69) is 10.4 Å². The highest BCUT2D eigenvalue weighted by atomic mass is 31.2. The Labute approximate surface area is 193 Å². The molecule has 0 radical (unpaired) electrons. The first-order valence-electron chi connectivity index (χ1n) is 10.5. The summed E-state index contributed by atoms with van der Waals surface area (Å²) in [6.07, 6.45) is 1.79. The van der Waals surface area contributed by atoms with E-state index in [1.165, 1.54) is 31.2 Å². The van der Waals surface area contributed by atoms with Crippen molar-refractivity contribution in [2.24, 2.45) is 0 Å². The second-order valence-corrected chi connectivity index (χ2v) is 8.05. The summed E-state index contributed by atoms with van der Waals surface area (Å²) in [5, 5.41) is 16.7. The lowest BCUT2D eigenvalue weighted by Crippen LogP contribution is -2.37. The Morgan fingerprint density at radius 2 is 1.67 bits per heavy atom. The van der Waals surface area contributed by atoms with Gasteiger partial charge in [-0.3, -0.25) is 19.7 Å². The van der Waals surface area contributed by atoms with E-state index in [0.29, 0.717) is 37.3 Å². The Bertz CT molecular complexity index is 897. The van der Waals surface area contributed by atoms with Gasteiger partial charge in [0.05, 0.1) is 11.5 Å². The molecule has 0 bridgehead atoms. The molecular formula is C22H28N3O7P. The molecule has 1 unspecified atom stereocenters. The third-order valence-corrected chi connectivity index (χ3v) is 5.57. The number of nitro groups is 1. The van der Waals surface area contributed by atoms with Gasteiger partial charge in [-0.15, -0.1) is 0 Å². The van der Waals surface area contributed by atoms with Crippen LogP contribution in [0.3, 0.4) is 0 Å². The molecule has 2 rings (SSSR count). The lowest BCUT2D eigenvalue weighted by Gasteiger charge is -2.24. The first-order chi connectivity index (χ1) is 15.9. The number of hydrogen-bond acceptors (Lipinski definition) is 8. The van der Waals surface area contributed by atoms with Gasteiger partial charge < -0.3 is 19.1 Å². The third-order valence-electron chi connectivity index (χ3n) is 4.29. The smallest absolute Gasteiger partial charge is 0.382 e. The van der Waals surface area contributed by atoms with Crippen molar-refractivity contribution in [3.05, 3.63) is 64.7 Å². The molecule has 10 nitrogen and oxygen atoms in total. The molecule has 0 spiro atoms. The van der Waals surface area contributed by atoms with Crippen molar-refractivity contribution in [3.63, 3.8) is 0 Å². The van der Waals surface area contributed by atoms with Crippen LogP contribution in [0.15, 0.2) is 54.6 Å². The molecule has 0 saturated carbocycles. The molecule has 33 heavy (non-hydrogen) atoms. The van der Waals surface area contributed by atoms with Gasteiger partial charge in [0, 0.05) is 25.6 Å². The summed E-state index contributed by atoms with van der Waals surface area (Å²) >= 11 is 0. The lowest BCUT2D eigenvalue weighted by atomic mass is 10.1. The quantitative estimate of drug-likeness (QED) is 0.137. The number of carbonyl (C=O) groups excluding carboxylic acids is 2. The fourth-order valence-electron chi connectivity index (χ4n) is 2.72. The third kappa shape index (κ3) is 9.84. The summed E-state index contributed by atoms with van der Waals surface area (Å²) in [7, 11) is -1.85. The number of nitrogens with zero attached hydrogens (tertiary/aromatic N) is 1. The first-order valence-corrected chi connectivity index (χ1v) is 11.7. The molecule has 0 aliphatic carbocycles. The summed E-state index contributed by atoms with van der Waals surface area (Å²) in [5.41, 5.74) is -0.0628. The number of amides is 1. The normalized spacial score (nSPS) is 12.3. The maximum absolute atomic E-state index is 12.5. The van der Waals surface area contributed by atoms with Gasteiger partial charge in [0.1, 0.15) is 17.5 Å². The number of carbonyl (C=O) groups is 2. The largest absolute Gasteiger partial charge is 0.465 e. The number of esters is 1. The molecule has 2 aromatic carbocycles. The summed E-state index contributed by atoms with van der Waals surface area (Å²) in [6.45, 7) is 3.91. The summed E-state index contributed by atoms with van der Waals surface area (Å²) in [5.74, 6) is 0.342. The predicted molar refractivity (Wildman–Crippen MR) is 124 cm³/mol. The van der Waals surface area contributed by atoms with E-state index in [0.717, 1.165) is 0 Å². The van der Waals surface area contributed by atoms with Gasteiger partial charge in [0.2, 0.25) is 5.91 Å². The van der Waals surface area contributed by atoms with Gasteiger partial charge in [-0.05, 0) is 50.5 Å². The predicted octanol–water partition coefficient (Wildman–Crippen LogP) is 4.11. The second-order valence-electron chi connectivity index (χ2n) is 6.92. The zero-order valence-corrected chi connectivity index (χ0v) is 19.5. The number of nitro benzene ring substituents is 1. The highest BCUT2D eigenvalue weighted by molar-refractivity contribution is 7.45. The van der Waals surface area contributed by atoms with E-state index >= 15 is 0 Å². The standard InChI is InChI=1S/C22H28N3O7P/c1-3-30-22(27)21(11-7-8-16-23-17(2)26)24-33(31-19-9-5-4-6-10-19)32-20-14-12-18(13-15-20)25(28)29/h4-6,9-10,12-15,21,24H,3,7-8,11,16H2,1-2H3,(H,23,26)/t21-,33?/m0/s1. The van der Waals surface area contributed by atoms with Crippen LogP contribution in [-0.2, 0) is 14.3 Å². The average molecular weight is 477 g/mol. The van der Waals surface area contributed by atoms with Crippen molar-refractivity contribution in [3.8, 4) is 11.5 Å². The van der Waals surface area contributed by atoms with Crippen LogP contribution in [0.25, 0.3) is 0 Å². The first kappa shape index (κ1) is 26.0. The van der Waals surface area contributed by atoms with Crippen molar-refractivity contribution < 1.29 is 28.3 Å². The van der Waals surface area contributed by atoms with Gasteiger partial charge in [-0.25, -0.2) is 5.09 Å². The van der Waals surface area contributed by atoms with Crippen molar-refractivity contribution in [1.82, 2.24) is 10.4 Å². The highest BCUT2D eigenvalue weighted by Crippen LogP contribution is 2.38. The zero-order chi connectivity index (χ0) is 24.1. The summed E-state index contributed by atoms with van der Waals surface area (Å²) < 4.78 is 17.1. The Balaban J connectivity index is 2.12. The van der Waals surface area contributed by atoms with Crippen LogP contribution in [0.4, 0.5) is 5.69 Å². The number of ether oxygens (including phenoxy) is 1. The molecule has 2 atom stereocenters. The molecular weight excluding hydrogens is 449 g/mol. The van der Waals surface area contributed by atoms with Gasteiger partial charge >= 0.3 is 14.5 Å². The van der Waals surface area contributed by atoms with Gasteiger partial charge in [0.15, 0.2) is 0 Å². The Hall–Kier alpha value is -3.23. The van der Waals surface area contributed by atoms with E-state index in [1.54, 1.807) is 31.2 Å². The average Bonchev–Trinajstić information content (AvgIpc) is 2.79. The number of benzene rings is 2. The van der Waals surface area contributed by atoms with Crippen LogP contribution in [-0.4, -0.2) is 36.0 Å². The molecule has 1 amide bonds. The number of nitrogens with one attached hydrogen (secondary N) is 2. The van der Waals surface area contributed by atoms with Gasteiger partial charge in [-0.1, -0.05) is 18.2 Å². The van der Waals surface area contributed by atoms with E-state index < -0.39 is 25.5 Å². The second kappa shape index (κ2) is 14.0. The lowest BCUT2D eigenvalue weighted by molar-refractivity contribution is -0.384. The maximum Gasteiger partial charge on any atom is 0.382 e. The molecule has 0 aromatic heterocycles. The molecule has 0 aliphatic heterocycles. The number of unbranched alkanes of at least 4 members (excludes halogenated alkanes) is 1. The van der Waals surface area contributed by atoms with E-state index in [9.17, 15) is 19.7 Å². The van der Waals surface area contributed by atoms with Crippen LogP contribution in [0.1, 0.15) is 33.1 Å². The molecule has 0 aliphatic rings. The minimum absolute atomic E-state index is 0.0628. The number of para-hydroxylation sites is 1. The van der Waals surface area contributed by atoms with E-state index in [1.807, 2.05) is 6.07 Å². The molecule has 0 heterocycles. The van der Waals surface area contributed by atoms with Crippen LogP contribution in [0.2, 0.25) is 0 Å². The highest BCUT2D eigenvalue weighted by Gasteiger charge is 2.27. The van der Waals surface area contributed by atoms with Crippen LogP contribution in [0.5, 0.6) is 11.5 Å². The van der Waals surface area contributed by atoms with Crippen LogP contribution in [0, 0.1) is 10.1 Å². The number of hydrogen-bond donors (Lipinski definition) is 2. The monoisotopic (exact) mass is 477 g/mol. The molecule has 2 N–H and O–H groups in total. The fourth-order valence-corrected chi connectivity index (χ4v) is 3.97. The SMILES string of the molecule is CCOC(=O)[C@H](CCCCNC(C)=O)NP(Oc1ccccc1)Oc1ccc([N+](=O)[O-])cc1. The maximum atomic E-state index is 12.5. The minimum Gasteiger partial charge on any atom is -0.465 e. The van der Waals surface area contributed by atoms with E-state index in [4.69, 9.17) is 13.8 Å². The van der Waals surface area contributed by atoms with Crippen LogP contribution < -0.4 is 19.5 Å². The molecule has 0 fully saturated rings. The molecule has 2 aromatic rings. The van der Waals surface area contributed by atoms with E-state index in [-0.39, 0.29) is 18.2 Å². The van der Waals surface area contributed by atoms with Crippen LogP contribution >= 0.6 is 8.53 Å².